The summed E-state index contributed by atoms with van der Waals surface area (Å²) in [6.45, 7) is 6.62. The number of carbonyl (C=O) groups excluding carboxylic acids is 2. The molecule has 0 heterocycles. The minimum Gasteiger partial charge on any atom is -0.427 e. The standard InChI is InChI=1S/C25H31NO4/c1-24(2)16-19(26-23(28)30-21-12-8-5-9-13-21)17-25(3,18-24)15-14-22(27)29-20-10-6-4-7-11-20/h4-13,19H,14-18H2,1-3H3,(H,26,28). The molecule has 0 aliphatic heterocycles. The number of benzene rings is 2. The number of hydrogen-bond donors (Lipinski definition) is 1. The fourth-order valence-corrected chi connectivity index (χ4v) is 4.79. The van der Waals surface area contributed by atoms with Crippen molar-refractivity contribution in [1.82, 2.24) is 5.32 Å². The summed E-state index contributed by atoms with van der Waals surface area (Å²) >= 11 is 0. The van der Waals surface area contributed by atoms with Crippen LogP contribution in [-0.4, -0.2) is 18.1 Å². The summed E-state index contributed by atoms with van der Waals surface area (Å²) in [6, 6.07) is 18.2. The molecule has 2 unspecified atom stereocenters. The van der Waals surface area contributed by atoms with Gasteiger partial charge in [-0.15, -0.1) is 0 Å². The average Bonchev–Trinajstić information content (AvgIpc) is 2.66. The first-order chi connectivity index (χ1) is 14.2. The van der Waals surface area contributed by atoms with Gasteiger partial charge in [-0.3, -0.25) is 4.79 Å². The Morgan fingerprint density at radius 1 is 0.900 bits per heavy atom. The quantitative estimate of drug-likeness (QED) is 0.488. The molecular weight excluding hydrogens is 378 g/mol. The maximum absolute atomic E-state index is 12.4. The predicted octanol–water partition coefficient (Wildman–Crippen LogP) is 5.75. The van der Waals surface area contributed by atoms with Gasteiger partial charge in [0, 0.05) is 12.5 Å². The van der Waals surface area contributed by atoms with Gasteiger partial charge in [-0.1, -0.05) is 57.2 Å². The van der Waals surface area contributed by atoms with Crippen molar-refractivity contribution in [3.63, 3.8) is 0 Å². The minimum atomic E-state index is -0.435. The zero-order valence-corrected chi connectivity index (χ0v) is 18.0. The molecule has 1 N–H and O–H groups in total. The number of esters is 1. The van der Waals surface area contributed by atoms with E-state index in [0.29, 0.717) is 24.3 Å². The highest BCUT2D eigenvalue weighted by Crippen LogP contribution is 2.48. The summed E-state index contributed by atoms with van der Waals surface area (Å²) in [4.78, 5) is 24.7. The largest absolute Gasteiger partial charge is 0.427 e. The van der Waals surface area contributed by atoms with E-state index in [1.807, 2.05) is 36.4 Å². The maximum atomic E-state index is 12.4. The second-order valence-electron chi connectivity index (χ2n) is 9.39. The highest BCUT2D eigenvalue weighted by Gasteiger charge is 2.42. The van der Waals surface area contributed by atoms with Crippen LogP contribution >= 0.6 is 0 Å². The first-order valence-corrected chi connectivity index (χ1v) is 10.5. The fraction of sp³-hybridized carbons (Fsp3) is 0.440. The lowest BCUT2D eigenvalue weighted by atomic mass is 9.61. The van der Waals surface area contributed by atoms with Gasteiger partial charge in [0.15, 0.2) is 0 Å². The smallest absolute Gasteiger partial charge is 0.412 e. The van der Waals surface area contributed by atoms with E-state index in [-0.39, 0.29) is 22.8 Å². The lowest BCUT2D eigenvalue weighted by Crippen LogP contribution is -2.47. The second kappa shape index (κ2) is 9.33. The van der Waals surface area contributed by atoms with E-state index in [1.54, 1.807) is 24.3 Å². The number of ether oxygens (including phenoxy) is 2. The van der Waals surface area contributed by atoms with Crippen LogP contribution in [0.15, 0.2) is 60.7 Å². The fourth-order valence-electron chi connectivity index (χ4n) is 4.79. The molecule has 1 aliphatic rings. The average molecular weight is 410 g/mol. The third-order valence-electron chi connectivity index (χ3n) is 5.63. The van der Waals surface area contributed by atoms with Gasteiger partial charge in [0.05, 0.1) is 0 Å². The first-order valence-electron chi connectivity index (χ1n) is 10.5. The van der Waals surface area contributed by atoms with Crippen LogP contribution in [-0.2, 0) is 4.79 Å². The highest BCUT2D eigenvalue weighted by molar-refractivity contribution is 5.72. The lowest BCUT2D eigenvalue weighted by molar-refractivity contribution is -0.135. The van der Waals surface area contributed by atoms with Gasteiger partial charge >= 0.3 is 12.1 Å². The molecule has 160 valence electrons. The molecule has 1 fully saturated rings. The Bertz CT molecular complexity index is 850. The van der Waals surface area contributed by atoms with E-state index in [9.17, 15) is 9.59 Å². The summed E-state index contributed by atoms with van der Waals surface area (Å²) in [7, 11) is 0. The van der Waals surface area contributed by atoms with E-state index >= 15 is 0 Å². The van der Waals surface area contributed by atoms with Crippen LogP contribution < -0.4 is 14.8 Å². The SMILES string of the molecule is CC1(C)CC(NC(=O)Oc2ccccc2)CC(C)(CCC(=O)Oc2ccccc2)C1. The summed E-state index contributed by atoms with van der Waals surface area (Å²) < 4.78 is 10.8. The molecule has 30 heavy (non-hydrogen) atoms. The molecule has 5 nitrogen and oxygen atoms in total. The molecule has 0 bridgehead atoms. The van der Waals surface area contributed by atoms with E-state index in [1.165, 1.54) is 0 Å². The molecular formula is C25H31NO4. The van der Waals surface area contributed by atoms with Crippen LogP contribution in [0.1, 0.15) is 52.9 Å². The van der Waals surface area contributed by atoms with Crippen molar-refractivity contribution >= 4 is 12.1 Å². The van der Waals surface area contributed by atoms with Crippen molar-refractivity contribution in [2.45, 2.75) is 58.9 Å². The van der Waals surface area contributed by atoms with Crippen LogP contribution in [0.3, 0.4) is 0 Å². The molecule has 2 aromatic carbocycles. The van der Waals surface area contributed by atoms with Crippen molar-refractivity contribution in [2.75, 3.05) is 0 Å². The Morgan fingerprint density at radius 3 is 2.07 bits per heavy atom. The number of nitrogens with one attached hydrogen (secondary N) is 1. The van der Waals surface area contributed by atoms with Gasteiger partial charge < -0.3 is 14.8 Å². The van der Waals surface area contributed by atoms with Crippen LogP contribution in [0, 0.1) is 10.8 Å². The van der Waals surface area contributed by atoms with Crippen molar-refractivity contribution in [3.05, 3.63) is 60.7 Å². The number of carbonyl (C=O) groups is 2. The molecule has 5 heteroatoms. The van der Waals surface area contributed by atoms with E-state index in [4.69, 9.17) is 9.47 Å². The molecule has 2 aromatic rings. The molecule has 3 rings (SSSR count). The zero-order valence-electron chi connectivity index (χ0n) is 18.0. The van der Waals surface area contributed by atoms with Gasteiger partial charge in [0.1, 0.15) is 11.5 Å². The van der Waals surface area contributed by atoms with Crippen molar-refractivity contribution in [2.24, 2.45) is 10.8 Å². The summed E-state index contributed by atoms with van der Waals surface area (Å²) in [5.74, 6) is 0.870. The van der Waals surface area contributed by atoms with Crippen LogP contribution in [0.25, 0.3) is 0 Å². The monoisotopic (exact) mass is 409 g/mol. The van der Waals surface area contributed by atoms with Gasteiger partial charge in [-0.05, 0) is 60.8 Å². The number of para-hydroxylation sites is 2. The van der Waals surface area contributed by atoms with Gasteiger partial charge in [-0.2, -0.15) is 0 Å². The Kier molecular flexibility index (Phi) is 6.80. The van der Waals surface area contributed by atoms with Crippen molar-refractivity contribution < 1.29 is 19.1 Å². The van der Waals surface area contributed by atoms with Gasteiger partial charge in [0.2, 0.25) is 0 Å². The summed E-state index contributed by atoms with van der Waals surface area (Å²) in [5, 5.41) is 3.03. The number of rotatable bonds is 6. The van der Waals surface area contributed by atoms with E-state index < -0.39 is 6.09 Å². The predicted molar refractivity (Wildman–Crippen MR) is 116 cm³/mol. The zero-order chi connectivity index (χ0) is 21.6. The van der Waals surface area contributed by atoms with Crippen molar-refractivity contribution in [1.29, 1.82) is 0 Å². The third-order valence-corrected chi connectivity index (χ3v) is 5.63. The van der Waals surface area contributed by atoms with Crippen LogP contribution in [0.5, 0.6) is 11.5 Å². The van der Waals surface area contributed by atoms with E-state index in [0.717, 1.165) is 19.3 Å². The molecule has 1 aliphatic carbocycles. The molecule has 1 amide bonds. The Morgan fingerprint density at radius 2 is 1.47 bits per heavy atom. The third kappa shape index (κ3) is 6.61. The van der Waals surface area contributed by atoms with Gasteiger partial charge in [-0.25, -0.2) is 4.79 Å². The minimum absolute atomic E-state index is 0.0000981. The first kappa shape index (κ1) is 21.9. The Balaban J connectivity index is 1.56. The summed E-state index contributed by atoms with van der Waals surface area (Å²) in [5.41, 5.74) is -0.0107. The second-order valence-corrected chi connectivity index (χ2v) is 9.39. The Labute approximate surface area is 178 Å². The molecule has 2 atom stereocenters. The molecule has 0 saturated heterocycles. The molecule has 1 saturated carbocycles. The number of amides is 1. The van der Waals surface area contributed by atoms with Crippen molar-refractivity contribution in [3.8, 4) is 11.5 Å². The van der Waals surface area contributed by atoms with E-state index in [2.05, 4.69) is 26.1 Å². The topological polar surface area (TPSA) is 64.6 Å². The maximum Gasteiger partial charge on any atom is 0.412 e. The summed E-state index contributed by atoms with van der Waals surface area (Å²) in [6.07, 6.45) is 3.30. The number of hydrogen-bond acceptors (Lipinski definition) is 4. The molecule has 0 aromatic heterocycles. The molecule has 0 spiro atoms. The normalized spacial score (nSPS) is 22.7. The van der Waals surface area contributed by atoms with Crippen LogP contribution in [0.2, 0.25) is 0 Å². The van der Waals surface area contributed by atoms with Gasteiger partial charge in [0.25, 0.3) is 0 Å². The Hall–Kier alpha value is -2.82. The van der Waals surface area contributed by atoms with Crippen LogP contribution in [0.4, 0.5) is 4.79 Å². The highest BCUT2D eigenvalue weighted by atomic mass is 16.6. The lowest BCUT2D eigenvalue weighted by Gasteiger charge is -2.46. The molecule has 0 radical (unpaired) electrons.